The molecular formula is C38H65NO30. The van der Waals surface area contributed by atoms with Crippen molar-refractivity contribution in [1.29, 1.82) is 0 Å². The molecule has 6 fully saturated rings. The van der Waals surface area contributed by atoms with Crippen LogP contribution in [0.4, 0.5) is 0 Å². The Morgan fingerprint density at radius 2 is 0.754 bits per heavy atom. The first-order valence-electron chi connectivity index (χ1n) is 22.0. The van der Waals surface area contributed by atoms with E-state index >= 15 is 0 Å². The van der Waals surface area contributed by atoms with Crippen LogP contribution in [-0.2, 0) is 56.9 Å². The van der Waals surface area contributed by atoms with Gasteiger partial charge in [-0.05, 0) is 6.92 Å². The highest BCUT2D eigenvalue weighted by Gasteiger charge is 2.58. The number of hydrogen-bond acceptors (Lipinski definition) is 30. The van der Waals surface area contributed by atoms with Crippen LogP contribution in [0, 0.1) is 0 Å². The molecule has 31 nitrogen and oxygen atoms in total. The summed E-state index contributed by atoms with van der Waals surface area (Å²) in [5, 5.41) is 194. The topological polar surface area (TPSA) is 495 Å². The Balaban J connectivity index is 1.30. The zero-order valence-corrected chi connectivity index (χ0v) is 36.8. The van der Waals surface area contributed by atoms with Crippen LogP contribution < -0.4 is 5.32 Å². The fraction of sp³-hybridized carbons (Fsp3) is 0.974. The van der Waals surface area contributed by atoms with Crippen molar-refractivity contribution in [2.45, 2.75) is 198 Å². The smallest absolute Gasteiger partial charge is 0.217 e. The first-order chi connectivity index (χ1) is 32.6. The third-order valence-corrected chi connectivity index (χ3v) is 12.8. The zero-order valence-electron chi connectivity index (χ0n) is 36.8. The lowest BCUT2D eigenvalue weighted by Crippen LogP contribution is -2.71. The Labute approximate surface area is 390 Å². The molecule has 0 aliphatic carbocycles. The van der Waals surface area contributed by atoms with Crippen LogP contribution in [0.25, 0.3) is 0 Å². The molecule has 0 spiro atoms. The van der Waals surface area contributed by atoms with E-state index in [0.29, 0.717) is 0 Å². The fourth-order valence-electron chi connectivity index (χ4n) is 8.85. The molecule has 0 aromatic carbocycles. The molecule has 0 aromatic heterocycles. The lowest BCUT2D eigenvalue weighted by atomic mass is 9.93. The second-order valence-corrected chi connectivity index (χ2v) is 17.5. The van der Waals surface area contributed by atoms with Crippen molar-refractivity contribution in [2.24, 2.45) is 0 Å². The molecule has 19 N–H and O–H groups in total. The lowest BCUT2D eigenvalue weighted by molar-refractivity contribution is -0.395. The summed E-state index contributed by atoms with van der Waals surface area (Å²) in [4.78, 5) is 12.9. The molecule has 6 saturated heterocycles. The van der Waals surface area contributed by atoms with Gasteiger partial charge in [-0.1, -0.05) is 0 Å². The fourth-order valence-corrected chi connectivity index (χ4v) is 8.85. The third kappa shape index (κ3) is 11.8. The number of ether oxygens (including phenoxy) is 11. The first kappa shape index (κ1) is 56.6. The van der Waals surface area contributed by atoms with E-state index in [4.69, 9.17) is 52.1 Å². The van der Waals surface area contributed by atoms with E-state index in [1.807, 2.05) is 0 Å². The molecule has 0 aromatic rings. The van der Waals surface area contributed by atoms with E-state index in [0.717, 1.165) is 6.92 Å². The number of carbonyl (C=O) groups is 1. The van der Waals surface area contributed by atoms with Gasteiger partial charge in [-0.15, -0.1) is 0 Å². The van der Waals surface area contributed by atoms with E-state index in [1.165, 1.54) is 6.92 Å². The minimum Gasteiger partial charge on any atom is -0.394 e. The highest BCUT2D eigenvalue weighted by Crippen LogP contribution is 2.37. The molecule has 31 heteroatoms. The third-order valence-electron chi connectivity index (χ3n) is 12.8. The summed E-state index contributed by atoms with van der Waals surface area (Å²) in [5.74, 6) is -0.877. The van der Waals surface area contributed by atoms with Crippen LogP contribution >= 0.6 is 0 Å². The SMILES string of the molecule is CC(=O)N[C@H]1[C@H](O[C@H]2[C@@H](O)[C@@H](CO)O[C@H](O[C@H]3[C@@H](O)[C@@H](CO)O[C@@H](O[C@H]4[C@H](O)[C@@H](O)[C@H](O)O[C@@H]4CO)[C@@H]3O)[C@@H]2O)O[C@H](CO)[C@@H](O[C@@H]2O[C@H](CO)[C@H](O)[C@H](O)[C@H]2O)[C@@H]1O[C@@H]1O[C@@H](C)[C@@H](O)[C@@H](O)[C@@H]1O. The molecule has 0 bridgehead atoms. The molecule has 6 aliphatic heterocycles. The van der Waals surface area contributed by atoms with Crippen LogP contribution in [0.1, 0.15) is 13.8 Å². The second kappa shape index (κ2) is 24.1. The minimum atomic E-state index is -2.27. The van der Waals surface area contributed by atoms with Gasteiger partial charge >= 0.3 is 0 Å². The Kier molecular flexibility index (Phi) is 19.8. The zero-order chi connectivity index (χ0) is 50.9. The van der Waals surface area contributed by atoms with Gasteiger partial charge in [0, 0.05) is 6.92 Å². The molecule has 6 heterocycles. The maximum absolute atomic E-state index is 12.9. The number of aliphatic hydroxyl groups excluding tert-OH is 18. The monoisotopic (exact) mass is 1020 g/mol. The van der Waals surface area contributed by atoms with Crippen molar-refractivity contribution in [3.8, 4) is 0 Å². The summed E-state index contributed by atoms with van der Waals surface area (Å²) in [6.45, 7) is -2.60. The maximum atomic E-state index is 12.9. The summed E-state index contributed by atoms with van der Waals surface area (Å²) < 4.78 is 62.9. The van der Waals surface area contributed by atoms with Gasteiger partial charge in [0.1, 0.15) is 140 Å². The van der Waals surface area contributed by atoms with Crippen LogP contribution in [0.2, 0.25) is 0 Å². The van der Waals surface area contributed by atoms with Gasteiger partial charge in [-0.25, -0.2) is 0 Å². The van der Waals surface area contributed by atoms with Crippen molar-refractivity contribution in [3.05, 3.63) is 0 Å². The van der Waals surface area contributed by atoms with E-state index < -0.39 is 223 Å². The number of rotatable bonds is 16. The van der Waals surface area contributed by atoms with Gasteiger partial charge in [0.2, 0.25) is 5.91 Å². The van der Waals surface area contributed by atoms with E-state index in [2.05, 4.69) is 5.32 Å². The summed E-state index contributed by atoms with van der Waals surface area (Å²) >= 11 is 0. The number of hydrogen-bond donors (Lipinski definition) is 19. The quantitative estimate of drug-likeness (QED) is 0.0682. The Morgan fingerprint density at radius 3 is 1.25 bits per heavy atom. The van der Waals surface area contributed by atoms with Gasteiger partial charge in [-0.3, -0.25) is 4.79 Å². The normalized spacial score (nSPS) is 52.1. The number of amides is 1. The molecule has 6 aliphatic rings. The van der Waals surface area contributed by atoms with Crippen molar-refractivity contribution in [1.82, 2.24) is 5.32 Å². The summed E-state index contributed by atoms with van der Waals surface area (Å²) in [5.41, 5.74) is 0. The second-order valence-electron chi connectivity index (χ2n) is 17.5. The van der Waals surface area contributed by atoms with Gasteiger partial charge in [0.25, 0.3) is 0 Å². The van der Waals surface area contributed by atoms with Crippen molar-refractivity contribution < 1.29 is 149 Å². The number of nitrogens with one attached hydrogen (secondary N) is 1. The van der Waals surface area contributed by atoms with E-state index in [9.17, 15) is 96.7 Å². The molecule has 69 heavy (non-hydrogen) atoms. The molecule has 0 radical (unpaired) electrons. The molecule has 1 amide bonds. The molecule has 6 rings (SSSR count). The average molecular weight is 1020 g/mol. The number of carbonyl (C=O) groups excluding carboxylic acids is 1. The van der Waals surface area contributed by atoms with Gasteiger partial charge in [-0.2, -0.15) is 0 Å². The van der Waals surface area contributed by atoms with Gasteiger partial charge < -0.3 is 149 Å². The highest BCUT2D eigenvalue weighted by molar-refractivity contribution is 5.73. The molecular weight excluding hydrogens is 950 g/mol. The van der Waals surface area contributed by atoms with Crippen molar-refractivity contribution in [3.63, 3.8) is 0 Å². The van der Waals surface area contributed by atoms with Crippen LogP contribution in [0.15, 0.2) is 0 Å². The summed E-state index contributed by atoms with van der Waals surface area (Å²) in [6, 6.07) is -1.81. The largest absolute Gasteiger partial charge is 0.394 e. The first-order valence-corrected chi connectivity index (χ1v) is 22.0. The van der Waals surface area contributed by atoms with E-state index in [-0.39, 0.29) is 0 Å². The van der Waals surface area contributed by atoms with Crippen molar-refractivity contribution in [2.75, 3.05) is 33.0 Å². The standard InChI is InChI=1S/C38H65NO30/c1-8-16(46)20(50)24(54)35(59-8)67-30-15(39-9(2)45)34(64-14(7-44)29(30)66-36-25(55)21(51)17(47)10(3-40)61-36)68-31-18(48)11(4-41)63-38(26(31)56)69-32-19(49)12(5-42)62-37(27(32)57)65-28-13(6-43)60-33(58)23(53)22(28)52/h8,10-38,40-44,46-58H,3-7H2,1-2H3,(H,39,45)/t8-,10+,11+,12+,13+,14+,15+,16+,17-,18-,19-,20+,21-,22+,23+,24-,25+,26+,27+,28+,29+,30+,31-,32-,33+,34-,35-,36-,37-,38+/m0/s1. The summed E-state index contributed by atoms with van der Waals surface area (Å²) in [7, 11) is 0. The Bertz CT molecular complexity index is 1610. The number of aliphatic hydroxyl groups is 18. The minimum absolute atomic E-state index is 0.877. The van der Waals surface area contributed by atoms with Crippen LogP contribution in [0.3, 0.4) is 0 Å². The summed E-state index contributed by atoms with van der Waals surface area (Å²) in [6.07, 6.45) is -55.0. The van der Waals surface area contributed by atoms with Crippen LogP contribution in [-0.4, -0.2) is 315 Å². The van der Waals surface area contributed by atoms with Crippen molar-refractivity contribution >= 4 is 5.91 Å². The van der Waals surface area contributed by atoms with E-state index in [1.54, 1.807) is 0 Å². The molecule has 402 valence electrons. The van der Waals surface area contributed by atoms with Gasteiger partial charge in [0.15, 0.2) is 37.7 Å². The average Bonchev–Trinajstić information content (AvgIpc) is 3.32. The van der Waals surface area contributed by atoms with Gasteiger partial charge in [0.05, 0.1) is 39.1 Å². The highest BCUT2D eigenvalue weighted by atomic mass is 16.8. The lowest BCUT2D eigenvalue weighted by Gasteiger charge is -2.51. The Morgan fingerprint density at radius 1 is 0.377 bits per heavy atom. The Hall–Kier alpha value is -1.69. The van der Waals surface area contributed by atoms with Crippen LogP contribution in [0.5, 0.6) is 0 Å². The molecule has 0 saturated carbocycles. The molecule has 0 unspecified atom stereocenters. The maximum Gasteiger partial charge on any atom is 0.217 e. The predicted molar refractivity (Wildman–Crippen MR) is 209 cm³/mol. The molecule has 30 atom stereocenters. The predicted octanol–water partition coefficient (Wildman–Crippen LogP) is -12.9.